The zero-order chi connectivity index (χ0) is 17.9. The van der Waals surface area contributed by atoms with E-state index in [-0.39, 0.29) is 10.6 Å². The lowest BCUT2D eigenvalue weighted by atomic mass is 10.1. The third-order valence-corrected chi connectivity index (χ3v) is 4.94. The summed E-state index contributed by atoms with van der Waals surface area (Å²) in [7, 11) is -2.26. The van der Waals surface area contributed by atoms with E-state index in [0.29, 0.717) is 22.7 Å². The second kappa shape index (κ2) is 6.82. The van der Waals surface area contributed by atoms with E-state index in [9.17, 15) is 13.5 Å². The number of hydrogen-bond acceptors (Lipinski definition) is 5. The Morgan fingerprint density at radius 3 is 2.32 bits per heavy atom. The molecule has 2 N–H and O–H groups in total. The average molecular weight is 356 g/mol. The van der Waals surface area contributed by atoms with E-state index in [1.807, 2.05) is 0 Å². The molecule has 0 radical (unpaired) electrons. The third-order valence-electron chi connectivity index (χ3n) is 3.56. The lowest BCUT2D eigenvalue weighted by Crippen LogP contribution is -2.14. The number of aromatic nitrogens is 1. The third kappa shape index (κ3) is 3.72. The number of pyridine rings is 1. The standard InChI is InChI=1S/C18H16N2O4S/c1-24-15-8-10-16(11-9-15)25(22,23)20-17-3-2-12-19-18(17)13-4-6-14(21)7-5-13/h2-12,20-21H,1H3. The molecule has 0 aliphatic carbocycles. The molecule has 0 saturated heterocycles. The first-order valence-corrected chi connectivity index (χ1v) is 8.89. The van der Waals surface area contributed by atoms with Gasteiger partial charge in [-0.1, -0.05) is 0 Å². The number of anilines is 1. The molecule has 0 saturated carbocycles. The molecule has 128 valence electrons. The van der Waals surface area contributed by atoms with Crippen molar-refractivity contribution in [1.82, 2.24) is 4.98 Å². The van der Waals surface area contributed by atoms with Crippen LogP contribution in [0, 0.1) is 0 Å². The zero-order valence-electron chi connectivity index (χ0n) is 13.4. The fourth-order valence-electron chi connectivity index (χ4n) is 2.30. The monoisotopic (exact) mass is 356 g/mol. The van der Waals surface area contributed by atoms with Crippen LogP contribution < -0.4 is 9.46 Å². The smallest absolute Gasteiger partial charge is 0.261 e. The molecule has 2 aromatic carbocycles. The van der Waals surface area contributed by atoms with Crippen LogP contribution in [-0.2, 0) is 10.0 Å². The molecule has 0 unspecified atom stereocenters. The second-order valence-corrected chi connectivity index (χ2v) is 6.91. The van der Waals surface area contributed by atoms with Gasteiger partial charge in [-0.15, -0.1) is 0 Å². The van der Waals surface area contributed by atoms with Crippen LogP contribution in [0.1, 0.15) is 0 Å². The van der Waals surface area contributed by atoms with E-state index < -0.39 is 10.0 Å². The van der Waals surface area contributed by atoms with Crippen LogP contribution in [0.4, 0.5) is 5.69 Å². The summed E-state index contributed by atoms with van der Waals surface area (Å²) in [6, 6.07) is 15.8. The van der Waals surface area contributed by atoms with Crippen LogP contribution >= 0.6 is 0 Å². The van der Waals surface area contributed by atoms with Crippen molar-refractivity contribution in [3.63, 3.8) is 0 Å². The summed E-state index contributed by atoms with van der Waals surface area (Å²) >= 11 is 0. The minimum Gasteiger partial charge on any atom is -0.508 e. The van der Waals surface area contributed by atoms with Gasteiger partial charge in [-0.25, -0.2) is 8.42 Å². The Labute approximate surface area is 145 Å². The van der Waals surface area contributed by atoms with Crippen molar-refractivity contribution in [3.05, 3.63) is 66.9 Å². The topological polar surface area (TPSA) is 88.5 Å². The molecular formula is C18H16N2O4S. The van der Waals surface area contributed by atoms with Gasteiger partial charge in [0.25, 0.3) is 10.0 Å². The number of nitrogens with one attached hydrogen (secondary N) is 1. The molecule has 3 aromatic rings. The molecule has 1 aromatic heterocycles. The van der Waals surface area contributed by atoms with Gasteiger partial charge in [0, 0.05) is 11.8 Å². The number of phenols is 1. The summed E-state index contributed by atoms with van der Waals surface area (Å²) in [5.74, 6) is 0.699. The predicted molar refractivity (Wildman–Crippen MR) is 95.1 cm³/mol. The highest BCUT2D eigenvalue weighted by atomic mass is 32.2. The van der Waals surface area contributed by atoms with Gasteiger partial charge >= 0.3 is 0 Å². The number of aromatic hydroxyl groups is 1. The molecule has 0 aliphatic rings. The van der Waals surface area contributed by atoms with Gasteiger partial charge in [-0.05, 0) is 60.7 Å². The lowest BCUT2D eigenvalue weighted by Gasteiger charge is -2.12. The van der Waals surface area contributed by atoms with Gasteiger partial charge in [-0.2, -0.15) is 0 Å². The lowest BCUT2D eigenvalue weighted by molar-refractivity contribution is 0.414. The van der Waals surface area contributed by atoms with Crippen molar-refractivity contribution < 1.29 is 18.3 Å². The molecular weight excluding hydrogens is 340 g/mol. The quantitative estimate of drug-likeness (QED) is 0.732. The van der Waals surface area contributed by atoms with Crippen molar-refractivity contribution in [2.75, 3.05) is 11.8 Å². The second-order valence-electron chi connectivity index (χ2n) is 5.23. The number of methoxy groups -OCH3 is 1. The van der Waals surface area contributed by atoms with Crippen molar-refractivity contribution in [1.29, 1.82) is 0 Å². The Morgan fingerprint density at radius 2 is 1.68 bits per heavy atom. The molecule has 0 atom stereocenters. The number of nitrogens with zero attached hydrogens (tertiary/aromatic N) is 1. The van der Waals surface area contributed by atoms with Crippen LogP contribution in [0.25, 0.3) is 11.3 Å². The van der Waals surface area contributed by atoms with Crippen LogP contribution in [0.5, 0.6) is 11.5 Å². The summed E-state index contributed by atoms with van der Waals surface area (Å²) in [6.45, 7) is 0. The molecule has 25 heavy (non-hydrogen) atoms. The van der Waals surface area contributed by atoms with Gasteiger partial charge < -0.3 is 9.84 Å². The first-order chi connectivity index (χ1) is 12.0. The number of benzene rings is 2. The SMILES string of the molecule is COc1ccc(S(=O)(=O)Nc2cccnc2-c2ccc(O)cc2)cc1. The fourth-order valence-corrected chi connectivity index (χ4v) is 3.36. The van der Waals surface area contributed by atoms with Gasteiger partial charge in [0.15, 0.2) is 0 Å². The predicted octanol–water partition coefficient (Wildman–Crippen LogP) is 3.26. The normalized spacial score (nSPS) is 11.1. The molecule has 0 bridgehead atoms. The van der Waals surface area contributed by atoms with Crippen molar-refractivity contribution in [2.24, 2.45) is 0 Å². The average Bonchev–Trinajstić information content (AvgIpc) is 2.63. The largest absolute Gasteiger partial charge is 0.508 e. The summed E-state index contributed by atoms with van der Waals surface area (Å²) in [5.41, 5.74) is 1.51. The van der Waals surface area contributed by atoms with Crippen molar-refractivity contribution in [3.8, 4) is 22.8 Å². The fraction of sp³-hybridized carbons (Fsp3) is 0.0556. The Morgan fingerprint density at radius 1 is 1.00 bits per heavy atom. The van der Waals surface area contributed by atoms with Crippen LogP contribution in [0.3, 0.4) is 0 Å². The van der Waals surface area contributed by atoms with E-state index in [4.69, 9.17) is 4.74 Å². The maximum Gasteiger partial charge on any atom is 0.261 e. The molecule has 0 spiro atoms. The van der Waals surface area contributed by atoms with Crippen LogP contribution in [0.2, 0.25) is 0 Å². The van der Waals surface area contributed by atoms with Crippen LogP contribution in [0.15, 0.2) is 71.8 Å². The highest BCUT2D eigenvalue weighted by Crippen LogP contribution is 2.29. The molecule has 1 heterocycles. The number of phenolic OH excluding ortho intramolecular Hbond substituents is 1. The van der Waals surface area contributed by atoms with Crippen molar-refractivity contribution >= 4 is 15.7 Å². The summed E-state index contributed by atoms with van der Waals surface area (Å²) < 4.78 is 32.8. The van der Waals surface area contributed by atoms with E-state index in [1.165, 1.54) is 31.4 Å². The highest BCUT2D eigenvalue weighted by molar-refractivity contribution is 7.92. The summed E-state index contributed by atoms with van der Waals surface area (Å²) in [5, 5.41) is 9.41. The van der Waals surface area contributed by atoms with E-state index in [2.05, 4.69) is 9.71 Å². The number of sulfonamides is 1. The zero-order valence-corrected chi connectivity index (χ0v) is 14.2. The van der Waals surface area contributed by atoms with Gasteiger partial charge in [0.05, 0.1) is 23.4 Å². The first-order valence-electron chi connectivity index (χ1n) is 7.41. The van der Waals surface area contributed by atoms with Crippen molar-refractivity contribution in [2.45, 2.75) is 4.90 Å². The summed E-state index contributed by atoms with van der Waals surface area (Å²) in [6.07, 6.45) is 1.58. The van der Waals surface area contributed by atoms with Crippen LogP contribution in [-0.4, -0.2) is 25.6 Å². The Bertz CT molecular complexity index is 969. The van der Waals surface area contributed by atoms with Gasteiger partial charge in [-0.3, -0.25) is 9.71 Å². The molecule has 3 rings (SSSR count). The number of hydrogen-bond donors (Lipinski definition) is 2. The van der Waals surface area contributed by atoms with Gasteiger partial charge in [0.1, 0.15) is 11.5 Å². The Balaban J connectivity index is 1.95. The van der Waals surface area contributed by atoms with E-state index >= 15 is 0 Å². The molecule has 0 fully saturated rings. The first kappa shape index (κ1) is 16.8. The number of rotatable bonds is 5. The van der Waals surface area contributed by atoms with E-state index in [1.54, 1.807) is 42.6 Å². The minimum atomic E-state index is -3.77. The molecule has 7 heteroatoms. The number of ether oxygens (including phenoxy) is 1. The molecule has 0 aliphatic heterocycles. The Hall–Kier alpha value is -3.06. The Kier molecular flexibility index (Phi) is 4.58. The summed E-state index contributed by atoms with van der Waals surface area (Å²) in [4.78, 5) is 4.37. The maximum absolute atomic E-state index is 12.6. The maximum atomic E-state index is 12.6. The highest BCUT2D eigenvalue weighted by Gasteiger charge is 2.17. The van der Waals surface area contributed by atoms with E-state index in [0.717, 1.165) is 0 Å². The molecule has 6 nitrogen and oxygen atoms in total. The molecule has 0 amide bonds. The minimum absolute atomic E-state index is 0.119. The van der Waals surface area contributed by atoms with Gasteiger partial charge in [0.2, 0.25) is 0 Å².